The molecule has 0 unspecified atom stereocenters. The number of pyridine rings is 1. The first kappa shape index (κ1) is 15.4. The minimum absolute atomic E-state index is 0.206. The second-order valence-electron chi connectivity index (χ2n) is 6.64. The minimum atomic E-state index is 0.206. The highest BCUT2D eigenvalue weighted by molar-refractivity contribution is 5.73. The summed E-state index contributed by atoms with van der Waals surface area (Å²) in [5.41, 5.74) is 1.29. The van der Waals surface area contributed by atoms with Crippen LogP contribution in [0.5, 0.6) is 0 Å². The van der Waals surface area contributed by atoms with E-state index < -0.39 is 0 Å². The van der Waals surface area contributed by atoms with E-state index in [9.17, 15) is 4.79 Å². The Bertz CT molecular complexity index is 499. The zero-order chi connectivity index (χ0) is 15.5. The fourth-order valence-corrected chi connectivity index (χ4v) is 3.77. The molecule has 22 heavy (non-hydrogen) atoms. The van der Waals surface area contributed by atoms with Crippen LogP contribution in [0, 0.1) is 5.92 Å². The topological polar surface area (TPSA) is 39.7 Å². The molecule has 1 aromatic heterocycles. The van der Waals surface area contributed by atoms with Gasteiger partial charge in [0.05, 0.1) is 0 Å². The van der Waals surface area contributed by atoms with Crippen LogP contribution in [0.2, 0.25) is 0 Å². The highest BCUT2D eigenvalue weighted by Gasteiger charge is 2.35. The number of carbonyl (C=O) groups is 1. The number of rotatable bonds is 3. The Morgan fingerprint density at radius 1 is 1.27 bits per heavy atom. The molecule has 2 aliphatic rings. The minimum Gasteiger partial charge on any atom is -0.340 e. The van der Waals surface area contributed by atoms with Gasteiger partial charge in [-0.15, -0.1) is 0 Å². The van der Waals surface area contributed by atoms with Crippen molar-refractivity contribution in [3.8, 4) is 0 Å². The molecule has 0 aliphatic carbocycles. The van der Waals surface area contributed by atoms with Gasteiger partial charge < -0.3 is 4.90 Å². The zero-order valence-corrected chi connectivity index (χ0v) is 13.6. The standard InChI is InChI=1S/C17H26N4O/c1-14-11-19(12-16-4-3-5-18-10-16)13-17(14)21-8-6-20(7-9-21)15(2)22/h3-5,10,14,17H,6-9,11-13H2,1-2H3/t14-,17+/m0/s1. The lowest BCUT2D eigenvalue weighted by Crippen LogP contribution is -2.53. The van der Waals surface area contributed by atoms with E-state index in [1.165, 1.54) is 5.56 Å². The molecule has 1 aromatic rings. The molecule has 2 fully saturated rings. The average molecular weight is 302 g/mol. The SMILES string of the molecule is CC(=O)N1CCN([C@@H]2CN(Cc3cccnc3)C[C@@H]2C)CC1. The first-order valence-corrected chi connectivity index (χ1v) is 8.24. The van der Waals surface area contributed by atoms with Crippen molar-refractivity contribution in [2.24, 2.45) is 5.92 Å². The van der Waals surface area contributed by atoms with Crippen LogP contribution in [0.3, 0.4) is 0 Å². The first-order chi connectivity index (χ1) is 10.6. The first-order valence-electron chi connectivity index (χ1n) is 8.24. The van der Waals surface area contributed by atoms with Crippen molar-refractivity contribution in [3.63, 3.8) is 0 Å². The summed E-state index contributed by atoms with van der Waals surface area (Å²) >= 11 is 0. The van der Waals surface area contributed by atoms with Crippen molar-refractivity contribution >= 4 is 5.91 Å². The summed E-state index contributed by atoms with van der Waals surface area (Å²) in [6.07, 6.45) is 3.79. The van der Waals surface area contributed by atoms with E-state index in [4.69, 9.17) is 0 Å². The van der Waals surface area contributed by atoms with E-state index in [2.05, 4.69) is 27.8 Å². The molecule has 5 nitrogen and oxygen atoms in total. The van der Waals surface area contributed by atoms with Crippen LogP contribution in [0.1, 0.15) is 19.4 Å². The number of hydrogen-bond acceptors (Lipinski definition) is 4. The van der Waals surface area contributed by atoms with Crippen LogP contribution in [-0.4, -0.2) is 70.9 Å². The van der Waals surface area contributed by atoms with Gasteiger partial charge in [-0.2, -0.15) is 0 Å². The van der Waals surface area contributed by atoms with Crippen LogP contribution in [-0.2, 0) is 11.3 Å². The highest BCUT2D eigenvalue weighted by atomic mass is 16.2. The molecule has 3 heterocycles. The van der Waals surface area contributed by atoms with Gasteiger partial charge in [0, 0.05) is 71.2 Å². The maximum Gasteiger partial charge on any atom is 0.219 e. The summed E-state index contributed by atoms with van der Waals surface area (Å²) in [4.78, 5) is 22.7. The molecule has 0 bridgehead atoms. The van der Waals surface area contributed by atoms with Gasteiger partial charge in [-0.05, 0) is 17.5 Å². The molecule has 0 saturated carbocycles. The number of carbonyl (C=O) groups excluding carboxylic acids is 1. The summed E-state index contributed by atoms with van der Waals surface area (Å²) in [5.74, 6) is 0.887. The maximum absolute atomic E-state index is 11.4. The van der Waals surface area contributed by atoms with Crippen molar-refractivity contribution < 1.29 is 4.79 Å². The normalized spacial score (nSPS) is 27.3. The predicted molar refractivity (Wildman–Crippen MR) is 86.3 cm³/mol. The Morgan fingerprint density at radius 2 is 2.05 bits per heavy atom. The molecule has 2 aliphatic heterocycles. The van der Waals surface area contributed by atoms with Crippen molar-refractivity contribution in [1.82, 2.24) is 19.7 Å². The quantitative estimate of drug-likeness (QED) is 0.837. The Morgan fingerprint density at radius 3 is 2.68 bits per heavy atom. The second kappa shape index (κ2) is 6.75. The van der Waals surface area contributed by atoms with E-state index in [1.807, 2.05) is 23.4 Å². The fourth-order valence-electron chi connectivity index (χ4n) is 3.77. The molecular weight excluding hydrogens is 276 g/mol. The smallest absolute Gasteiger partial charge is 0.219 e. The summed E-state index contributed by atoms with van der Waals surface area (Å²) in [6.45, 7) is 11.0. The number of hydrogen-bond donors (Lipinski definition) is 0. The third kappa shape index (κ3) is 3.47. The van der Waals surface area contributed by atoms with Gasteiger partial charge in [0.25, 0.3) is 0 Å². The van der Waals surface area contributed by atoms with E-state index in [0.29, 0.717) is 12.0 Å². The van der Waals surface area contributed by atoms with Crippen LogP contribution >= 0.6 is 0 Å². The highest BCUT2D eigenvalue weighted by Crippen LogP contribution is 2.24. The number of nitrogens with zero attached hydrogens (tertiary/aromatic N) is 4. The van der Waals surface area contributed by atoms with E-state index in [0.717, 1.165) is 45.8 Å². The number of piperazine rings is 1. The van der Waals surface area contributed by atoms with Gasteiger partial charge in [0.1, 0.15) is 0 Å². The Balaban J connectivity index is 1.54. The monoisotopic (exact) mass is 302 g/mol. The van der Waals surface area contributed by atoms with Crippen molar-refractivity contribution in [2.45, 2.75) is 26.4 Å². The van der Waals surface area contributed by atoms with E-state index >= 15 is 0 Å². The fraction of sp³-hybridized carbons (Fsp3) is 0.647. The maximum atomic E-state index is 11.4. The number of likely N-dealkylation sites (tertiary alicyclic amines) is 1. The van der Waals surface area contributed by atoms with Crippen molar-refractivity contribution in [1.29, 1.82) is 0 Å². The Hall–Kier alpha value is -1.46. The van der Waals surface area contributed by atoms with Gasteiger partial charge in [-0.3, -0.25) is 19.6 Å². The van der Waals surface area contributed by atoms with E-state index in [-0.39, 0.29) is 5.91 Å². The molecule has 0 spiro atoms. The van der Waals surface area contributed by atoms with Crippen LogP contribution in [0.4, 0.5) is 0 Å². The summed E-state index contributed by atoms with van der Waals surface area (Å²) in [7, 11) is 0. The third-order valence-corrected chi connectivity index (χ3v) is 5.01. The third-order valence-electron chi connectivity index (χ3n) is 5.01. The summed E-state index contributed by atoms with van der Waals surface area (Å²) in [5, 5.41) is 0. The Kier molecular flexibility index (Phi) is 4.74. The molecule has 2 saturated heterocycles. The summed E-state index contributed by atoms with van der Waals surface area (Å²) < 4.78 is 0. The van der Waals surface area contributed by atoms with Gasteiger partial charge in [0.2, 0.25) is 5.91 Å². The lowest BCUT2D eigenvalue weighted by atomic mass is 10.0. The van der Waals surface area contributed by atoms with Crippen LogP contribution < -0.4 is 0 Å². The lowest BCUT2D eigenvalue weighted by molar-refractivity contribution is -0.130. The zero-order valence-electron chi connectivity index (χ0n) is 13.6. The molecule has 0 radical (unpaired) electrons. The van der Waals surface area contributed by atoms with Crippen LogP contribution in [0.15, 0.2) is 24.5 Å². The van der Waals surface area contributed by atoms with E-state index in [1.54, 1.807) is 6.92 Å². The molecule has 1 amide bonds. The predicted octanol–water partition coefficient (Wildman–Crippen LogP) is 1.07. The van der Waals surface area contributed by atoms with Gasteiger partial charge in [-0.25, -0.2) is 0 Å². The molecule has 5 heteroatoms. The summed E-state index contributed by atoms with van der Waals surface area (Å²) in [6, 6.07) is 4.77. The van der Waals surface area contributed by atoms with Crippen molar-refractivity contribution in [2.75, 3.05) is 39.3 Å². The van der Waals surface area contributed by atoms with Crippen molar-refractivity contribution in [3.05, 3.63) is 30.1 Å². The largest absolute Gasteiger partial charge is 0.340 e. The molecule has 0 N–H and O–H groups in total. The molecule has 2 atom stereocenters. The molecule has 3 rings (SSSR count). The molecule has 0 aromatic carbocycles. The number of aromatic nitrogens is 1. The molecular formula is C17H26N4O. The molecule has 120 valence electrons. The van der Waals surface area contributed by atoms with Gasteiger partial charge >= 0.3 is 0 Å². The Labute approximate surface area is 132 Å². The second-order valence-corrected chi connectivity index (χ2v) is 6.64. The van der Waals surface area contributed by atoms with Gasteiger partial charge in [-0.1, -0.05) is 13.0 Å². The lowest BCUT2D eigenvalue weighted by Gasteiger charge is -2.39. The van der Waals surface area contributed by atoms with Crippen LogP contribution in [0.25, 0.3) is 0 Å². The van der Waals surface area contributed by atoms with Gasteiger partial charge in [0.15, 0.2) is 0 Å². The number of amides is 1. The average Bonchev–Trinajstić information content (AvgIpc) is 2.89.